The van der Waals surface area contributed by atoms with Gasteiger partial charge in [0.05, 0.1) is 12.5 Å². The zero-order valence-electron chi connectivity index (χ0n) is 14.2. The number of rotatable bonds is 5. The molecular formula is C19H24N2O3. The maximum atomic E-state index is 12.2. The van der Waals surface area contributed by atoms with Crippen molar-refractivity contribution in [3.8, 4) is 0 Å². The molecule has 1 aliphatic carbocycles. The molecule has 5 nitrogen and oxygen atoms in total. The molecule has 5 heteroatoms. The number of fused-ring (bicyclic) bond motifs is 3. The smallest absolute Gasteiger partial charge is 0.309 e. The van der Waals surface area contributed by atoms with Gasteiger partial charge in [-0.05, 0) is 49.9 Å². The molecule has 2 atom stereocenters. The second-order valence-electron chi connectivity index (χ2n) is 6.32. The molecule has 0 saturated carbocycles. The van der Waals surface area contributed by atoms with Gasteiger partial charge in [-0.25, -0.2) is 0 Å². The van der Waals surface area contributed by atoms with Gasteiger partial charge in [-0.3, -0.25) is 9.59 Å². The highest BCUT2D eigenvalue weighted by Gasteiger charge is 2.35. The highest BCUT2D eigenvalue weighted by Crippen LogP contribution is 2.46. The zero-order chi connectivity index (χ0) is 17.1. The first-order valence-electron chi connectivity index (χ1n) is 8.69. The molecule has 1 heterocycles. The standard InChI is InChI=1S/C19H24N2O3/c1-3-9-20-18(22)12-5-7-16-14(10-12)15-11-13(19(23)24-4-2)6-8-17(15)21-16/h5,7-8,10,13,15,21H,3-4,6,9,11H2,1-2H3,(H,20,22). The normalized spacial score (nSPS) is 21.2. The van der Waals surface area contributed by atoms with Crippen LogP contribution in [0.15, 0.2) is 30.0 Å². The number of amides is 1. The van der Waals surface area contributed by atoms with Crippen LogP contribution in [0.1, 0.15) is 54.9 Å². The molecule has 0 aromatic heterocycles. The van der Waals surface area contributed by atoms with Gasteiger partial charge >= 0.3 is 5.97 Å². The Morgan fingerprint density at radius 1 is 1.33 bits per heavy atom. The molecule has 0 fully saturated rings. The van der Waals surface area contributed by atoms with Gasteiger partial charge in [0.15, 0.2) is 0 Å². The van der Waals surface area contributed by atoms with Gasteiger partial charge in [0.1, 0.15) is 0 Å². The number of carbonyl (C=O) groups is 2. The Bertz CT molecular complexity index is 681. The predicted molar refractivity (Wildman–Crippen MR) is 92.9 cm³/mol. The van der Waals surface area contributed by atoms with E-state index >= 15 is 0 Å². The van der Waals surface area contributed by atoms with Crippen molar-refractivity contribution < 1.29 is 14.3 Å². The summed E-state index contributed by atoms with van der Waals surface area (Å²) in [4.78, 5) is 24.3. The SMILES string of the molecule is CCCNC(=O)c1ccc2c(c1)C1CC(C(=O)OCC)CC=C1N2. The fourth-order valence-corrected chi connectivity index (χ4v) is 3.41. The van der Waals surface area contributed by atoms with Crippen molar-refractivity contribution in [1.29, 1.82) is 0 Å². The van der Waals surface area contributed by atoms with E-state index in [9.17, 15) is 9.59 Å². The summed E-state index contributed by atoms with van der Waals surface area (Å²) in [5.74, 6) is -0.140. The lowest BCUT2D eigenvalue weighted by molar-refractivity contribution is -0.148. The maximum Gasteiger partial charge on any atom is 0.309 e. The first kappa shape index (κ1) is 16.6. The van der Waals surface area contributed by atoms with E-state index in [1.165, 1.54) is 0 Å². The van der Waals surface area contributed by atoms with Crippen molar-refractivity contribution >= 4 is 17.6 Å². The van der Waals surface area contributed by atoms with E-state index < -0.39 is 0 Å². The van der Waals surface area contributed by atoms with Gasteiger partial charge in [-0.15, -0.1) is 0 Å². The summed E-state index contributed by atoms with van der Waals surface area (Å²) < 4.78 is 5.17. The van der Waals surface area contributed by atoms with Crippen LogP contribution < -0.4 is 10.6 Å². The van der Waals surface area contributed by atoms with Crippen LogP contribution in [0.3, 0.4) is 0 Å². The lowest BCUT2D eigenvalue weighted by Crippen LogP contribution is -2.24. The quantitative estimate of drug-likeness (QED) is 0.815. The molecule has 2 unspecified atom stereocenters. The fourth-order valence-electron chi connectivity index (χ4n) is 3.41. The molecule has 1 aromatic carbocycles. The molecule has 2 aliphatic rings. The van der Waals surface area contributed by atoms with E-state index in [1.807, 2.05) is 32.0 Å². The molecule has 1 aliphatic heterocycles. The van der Waals surface area contributed by atoms with Gasteiger partial charge in [0.25, 0.3) is 5.91 Å². The molecule has 0 spiro atoms. The van der Waals surface area contributed by atoms with Crippen LogP contribution in [-0.2, 0) is 9.53 Å². The third-order valence-electron chi connectivity index (χ3n) is 4.64. The Morgan fingerprint density at radius 3 is 2.92 bits per heavy atom. The minimum atomic E-state index is -0.127. The maximum absolute atomic E-state index is 12.2. The van der Waals surface area contributed by atoms with E-state index in [4.69, 9.17) is 4.74 Å². The summed E-state index contributed by atoms with van der Waals surface area (Å²) >= 11 is 0. The van der Waals surface area contributed by atoms with Gasteiger partial charge < -0.3 is 15.4 Å². The van der Waals surface area contributed by atoms with Crippen LogP contribution in [0, 0.1) is 5.92 Å². The predicted octanol–water partition coefficient (Wildman–Crippen LogP) is 3.19. The highest BCUT2D eigenvalue weighted by atomic mass is 16.5. The molecule has 128 valence electrons. The Kier molecular flexibility index (Phi) is 4.88. The molecule has 3 rings (SSSR count). The summed E-state index contributed by atoms with van der Waals surface area (Å²) in [6, 6.07) is 5.75. The lowest BCUT2D eigenvalue weighted by Gasteiger charge is -2.24. The number of hydrogen-bond acceptors (Lipinski definition) is 4. The van der Waals surface area contributed by atoms with Crippen molar-refractivity contribution in [2.45, 2.75) is 39.0 Å². The molecule has 0 bridgehead atoms. The van der Waals surface area contributed by atoms with E-state index in [2.05, 4.69) is 16.7 Å². The molecule has 1 aromatic rings. The number of anilines is 1. The zero-order valence-corrected chi connectivity index (χ0v) is 14.2. The van der Waals surface area contributed by atoms with Crippen LogP contribution in [0.25, 0.3) is 0 Å². The second kappa shape index (κ2) is 7.07. The molecule has 0 saturated heterocycles. The van der Waals surface area contributed by atoms with Crippen LogP contribution in [0.5, 0.6) is 0 Å². The summed E-state index contributed by atoms with van der Waals surface area (Å²) in [7, 11) is 0. The second-order valence-corrected chi connectivity index (χ2v) is 6.32. The number of allylic oxidation sites excluding steroid dienone is 2. The van der Waals surface area contributed by atoms with Crippen molar-refractivity contribution in [3.63, 3.8) is 0 Å². The summed E-state index contributed by atoms with van der Waals surface area (Å²) in [6.45, 7) is 4.94. The van der Waals surface area contributed by atoms with Gasteiger partial charge in [0.2, 0.25) is 0 Å². The van der Waals surface area contributed by atoms with Crippen molar-refractivity contribution in [2.24, 2.45) is 5.92 Å². The number of esters is 1. The largest absolute Gasteiger partial charge is 0.466 e. The Labute approximate surface area is 142 Å². The minimum Gasteiger partial charge on any atom is -0.466 e. The van der Waals surface area contributed by atoms with Crippen molar-refractivity contribution in [2.75, 3.05) is 18.5 Å². The van der Waals surface area contributed by atoms with E-state index in [1.54, 1.807) is 0 Å². The first-order chi connectivity index (χ1) is 11.6. The van der Waals surface area contributed by atoms with E-state index in [-0.39, 0.29) is 23.7 Å². The minimum absolute atomic E-state index is 0.0465. The highest BCUT2D eigenvalue weighted by molar-refractivity contribution is 5.95. The van der Waals surface area contributed by atoms with Gasteiger partial charge in [-0.2, -0.15) is 0 Å². The number of benzene rings is 1. The molecule has 24 heavy (non-hydrogen) atoms. The average molecular weight is 328 g/mol. The molecule has 2 N–H and O–H groups in total. The van der Waals surface area contributed by atoms with Crippen molar-refractivity contribution in [1.82, 2.24) is 5.32 Å². The Hall–Kier alpha value is -2.30. The molecule has 0 radical (unpaired) electrons. The lowest BCUT2D eigenvalue weighted by atomic mass is 9.81. The molecular weight excluding hydrogens is 304 g/mol. The van der Waals surface area contributed by atoms with Crippen LogP contribution in [0.2, 0.25) is 0 Å². The third-order valence-corrected chi connectivity index (χ3v) is 4.64. The van der Waals surface area contributed by atoms with Crippen LogP contribution in [0.4, 0.5) is 5.69 Å². The van der Waals surface area contributed by atoms with Crippen LogP contribution >= 0.6 is 0 Å². The van der Waals surface area contributed by atoms with Crippen LogP contribution in [-0.4, -0.2) is 25.0 Å². The van der Waals surface area contributed by atoms with Gasteiger partial charge in [0, 0.05) is 29.4 Å². The monoisotopic (exact) mass is 328 g/mol. The molecule has 1 amide bonds. The third kappa shape index (κ3) is 3.16. The number of hydrogen-bond donors (Lipinski definition) is 2. The van der Waals surface area contributed by atoms with E-state index in [0.29, 0.717) is 25.1 Å². The Morgan fingerprint density at radius 2 is 2.17 bits per heavy atom. The topological polar surface area (TPSA) is 67.4 Å². The summed E-state index contributed by atoms with van der Waals surface area (Å²) in [6.07, 6.45) is 4.43. The van der Waals surface area contributed by atoms with E-state index in [0.717, 1.165) is 29.8 Å². The average Bonchev–Trinajstić information content (AvgIpc) is 2.96. The fraction of sp³-hybridized carbons (Fsp3) is 0.474. The first-order valence-corrected chi connectivity index (χ1v) is 8.69. The van der Waals surface area contributed by atoms with Crippen molar-refractivity contribution in [3.05, 3.63) is 41.1 Å². The Balaban J connectivity index is 1.80. The number of nitrogens with one attached hydrogen (secondary N) is 2. The summed E-state index contributed by atoms with van der Waals surface area (Å²) in [5, 5.41) is 6.32. The van der Waals surface area contributed by atoms with Gasteiger partial charge in [-0.1, -0.05) is 13.0 Å². The number of ether oxygens (including phenoxy) is 1. The summed E-state index contributed by atoms with van der Waals surface area (Å²) in [5.41, 5.74) is 3.93. The number of carbonyl (C=O) groups excluding carboxylic acids is 2.